The quantitative estimate of drug-likeness (QED) is 0.681. The van der Waals surface area contributed by atoms with Crippen LogP contribution < -0.4 is 15.9 Å². The van der Waals surface area contributed by atoms with Crippen molar-refractivity contribution in [2.24, 2.45) is 0 Å². The average molecular weight is 304 g/mol. The first-order chi connectivity index (χ1) is 10.4. The predicted octanol–water partition coefficient (Wildman–Crippen LogP) is 1.20. The number of hydrogen-bond acceptors (Lipinski definition) is 5. The first-order valence-corrected chi connectivity index (χ1v) is 6.07. The molecular weight excluding hydrogens is 293 g/mol. The van der Waals surface area contributed by atoms with Crippen LogP contribution in [0.1, 0.15) is 10.5 Å². The molecule has 0 aliphatic rings. The van der Waals surface area contributed by atoms with E-state index >= 15 is 0 Å². The number of aromatic nitrogens is 1. The predicted molar refractivity (Wildman–Crippen MR) is 77.3 cm³/mol. The van der Waals surface area contributed by atoms with Crippen molar-refractivity contribution in [1.82, 2.24) is 4.98 Å². The van der Waals surface area contributed by atoms with Crippen molar-refractivity contribution in [3.05, 3.63) is 35.5 Å². The molecule has 0 amide bonds. The molecule has 22 heavy (non-hydrogen) atoms. The molecule has 0 aliphatic carbocycles. The number of nitrogens with zero attached hydrogens (tertiary/aromatic N) is 1. The molecule has 2 aromatic rings. The van der Waals surface area contributed by atoms with Crippen LogP contribution in [0.4, 0.5) is 14.5 Å². The number of pyridine rings is 1. The van der Waals surface area contributed by atoms with Crippen molar-refractivity contribution in [1.29, 1.82) is 0 Å². The summed E-state index contributed by atoms with van der Waals surface area (Å²) in [4.78, 5) is 15.5. The number of hydrogen-bond donors (Lipinski definition) is 1. The van der Waals surface area contributed by atoms with E-state index in [4.69, 9.17) is 18.3 Å². The van der Waals surface area contributed by atoms with Gasteiger partial charge in [0.05, 0.1) is 14.2 Å². The molecule has 1 heterocycles. The van der Waals surface area contributed by atoms with E-state index in [0.29, 0.717) is 0 Å². The number of nitrogens with two attached hydrogens (primary N) is 1. The van der Waals surface area contributed by atoms with Crippen LogP contribution in [0.2, 0.25) is 0 Å². The zero-order valence-corrected chi connectivity index (χ0v) is 11.8. The van der Waals surface area contributed by atoms with Gasteiger partial charge in [0.1, 0.15) is 25.0 Å². The van der Waals surface area contributed by atoms with Crippen LogP contribution in [0.15, 0.2) is 18.2 Å². The lowest BCUT2D eigenvalue weighted by molar-refractivity contribution is 0.0590. The van der Waals surface area contributed by atoms with Gasteiger partial charge in [-0.15, -0.1) is 0 Å². The Labute approximate surface area is 126 Å². The van der Waals surface area contributed by atoms with E-state index < -0.39 is 29.0 Å². The van der Waals surface area contributed by atoms with E-state index in [2.05, 4.69) is 9.72 Å². The van der Waals surface area contributed by atoms with Gasteiger partial charge in [-0.1, -0.05) is 17.6 Å². The van der Waals surface area contributed by atoms with Gasteiger partial charge in [0.2, 0.25) is 0 Å². The lowest BCUT2D eigenvalue weighted by atomic mass is 9.94. The number of methoxy groups -OCH3 is 2. The number of carbonyl (C=O) groups excluding carboxylic acids is 1. The second kappa shape index (κ2) is 6.01. The molecule has 5 nitrogen and oxygen atoms in total. The number of nitrogen functional groups attached to an aromatic ring is 1. The number of esters is 1. The summed E-state index contributed by atoms with van der Waals surface area (Å²) in [6.45, 7) is 0. The molecule has 2 N–H and O–H groups in total. The van der Waals surface area contributed by atoms with Crippen LogP contribution in [-0.4, -0.2) is 33.0 Å². The topological polar surface area (TPSA) is 74.4 Å². The van der Waals surface area contributed by atoms with Gasteiger partial charge in [-0.25, -0.2) is 18.6 Å². The summed E-state index contributed by atoms with van der Waals surface area (Å²) < 4.78 is 37.7. The fourth-order valence-electron chi connectivity index (χ4n) is 1.91. The van der Waals surface area contributed by atoms with Crippen molar-refractivity contribution < 1.29 is 23.0 Å². The largest absolute Gasteiger partial charge is 0.492 e. The Bertz CT molecular complexity index is 753. The summed E-state index contributed by atoms with van der Waals surface area (Å²) in [6.07, 6.45) is 0. The molecule has 8 heteroatoms. The van der Waals surface area contributed by atoms with Gasteiger partial charge in [0.25, 0.3) is 0 Å². The van der Waals surface area contributed by atoms with Gasteiger partial charge in [-0.2, -0.15) is 0 Å². The molecule has 0 aliphatic heterocycles. The number of benzene rings is 1. The third-order valence-electron chi connectivity index (χ3n) is 2.96. The van der Waals surface area contributed by atoms with Crippen molar-refractivity contribution >= 4 is 25.0 Å². The number of anilines is 1. The Hall–Kier alpha value is -2.64. The van der Waals surface area contributed by atoms with Crippen molar-refractivity contribution in [2.75, 3.05) is 20.0 Å². The fourth-order valence-corrected chi connectivity index (χ4v) is 1.91. The minimum Gasteiger partial charge on any atom is -0.492 e. The number of ether oxygens (including phenoxy) is 2. The van der Waals surface area contributed by atoms with Crippen LogP contribution in [0.5, 0.6) is 5.75 Å². The van der Waals surface area contributed by atoms with Crippen LogP contribution in [-0.2, 0) is 4.74 Å². The van der Waals surface area contributed by atoms with Gasteiger partial charge in [0, 0.05) is 5.56 Å². The minimum atomic E-state index is -1.01. The van der Waals surface area contributed by atoms with Crippen molar-refractivity contribution in [3.63, 3.8) is 0 Å². The third-order valence-corrected chi connectivity index (χ3v) is 2.96. The maximum Gasteiger partial charge on any atom is 0.360 e. The number of rotatable bonds is 3. The highest BCUT2D eigenvalue weighted by Gasteiger charge is 2.25. The molecule has 0 unspecified atom stereocenters. The Morgan fingerprint density at radius 3 is 2.55 bits per heavy atom. The van der Waals surface area contributed by atoms with Gasteiger partial charge < -0.3 is 15.2 Å². The summed E-state index contributed by atoms with van der Waals surface area (Å²) in [6, 6.07) is 3.62. The number of halogens is 2. The maximum atomic E-state index is 14.3. The molecule has 1 aromatic carbocycles. The molecular formula is C14H11BF2N2O3. The zero-order valence-electron chi connectivity index (χ0n) is 11.8. The smallest absolute Gasteiger partial charge is 0.360 e. The summed E-state index contributed by atoms with van der Waals surface area (Å²) in [5.41, 5.74) is 4.33. The molecule has 0 saturated carbocycles. The lowest BCUT2D eigenvalue weighted by Gasteiger charge is -2.13. The normalized spacial score (nSPS) is 10.4. The van der Waals surface area contributed by atoms with Crippen molar-refractivity contribution in [2.45, 2.75) is 0 Å². The van der Waals surface area contributed by atoms with Gasteiger partial charge in [-0.05, 0) is 6.07 Å². The molecule has 0 spiro atoms. The van der Waals surface area contributed by atoms with Crippen LogP contribution >= 0.6 is 0 Å². The second-order valence-corrected chi connectivity index (χ2v) is 4.30. The van der Waals surface area contributed by atoms with E-state index in [1.165, 1.54) is 19.2 Å². The van der Waals surface area contributed by atoms with Gasteiger partial charge in [-0.3, -0.25) is 0 Å². The Balaban J connectivity index is 2.76. The van der Waals surface area contributed by atoms with Crippen LogP contribution in [0, 0.1) is 11.6 Å². The summed E-state index contributed by atoms with van der Waals surface area (Å²) in [5, 5.41) is 0. The van der Waals surface area contributed by atoms with E-state index in [1.54, 1.807) is 0 Å². The van der Waals surface area contributed by atoms with E-state index in [1.807, 2.05) is 0 Å². The first kappa shape index (κ1) is 15.7. The van der Waals surface area contributed by atoms with Crippen LogP contribution in [0.3, 0.4) is 0 Å². The monoisotopic (exact) mass is 304 g/mol. The Morgan fingerprint density at radius 1 is 1.32 bits per heavy atom. The molecule has 2 radical (unpaired) electrons. The Morgan fingerprint density at radius 2 is 2.00 bits per heavy atom. The minimum absolute atomic E-state index is 0.163. The molecule has 0 bridgehead atoms. The lowest BCUT2D eigenvalue weighted by Crippen LogP contribution is -2.13. The Kier molecular flexibility index (Phi) is 4.30. The van der Waals surface area contributed by atoms with Gasteiger partial charge in [0.15, 0.2) is 17.3 Å². The fraction of sp³-hybridized carbons (Fsp3) is 0.143. The number of carbonyl (C=O) groups is 1. The molecule has 0 fully saturated rings. The van der Waals surface area contributed by atoms with Gasteiger partial charge >= 0.3 is 5.97 Å². The summed E-state index contributed by atoms with van der Waals surface area (Å²) in [5.74, 6) is -2.97. The standard InChI is InChI=1S/C14H11BF2N2O3/c1-21-13-10(18)9(17)11(19-12(13)14(20)22-2)7-4-3-6(15)5-8(7)16/h3-5H,1-2H3,(H2,18,19). The SMILES string of the molecule is [B]c1ccc(-c2nc(C(=O)OC)c(OC)c(N)c2F)c(F)c1. The molecule has 112 valence electrons. The van der Waals surface area contributed by atoms with E-state index in [9.17, 15) is 13.6 Å². The highest BCUT2D eigenvalue weighted by molar-refractivity contribution is 6.32. The highest BCUT2D eigenvalue weighted by Crippen LogP contribution is 2.34. The van der Waals surface area contributed by atoms with E-state index in [0.717, 1.165) is 13.2 Å². The zero-order chi connectivity index (χ0) is 16.4. The molecule has 1 aromatic heterocycles. The molecule has 0 saturated heterocycles. The third kappa shape index (κ3) is 2.59. The van der Waals surface area contributed by atoms with Crippen molar-refractivity contribution in [3.8, 4) is 17.0 Å². The average Bonchev–Trinajstić information content (AvgIpc) is 2.49. The highest BCUT2D eigenvalue weighted by atomic mass is 19.1. The first-order valence-electron chi connectivity index (χ1n) is 6.07. The molecule has 0 atom stereocenters. The summed E-state index contributed by atoms with van der Waals surface area (Å²) in [7, 11) is 7.76. The maximum absolute atomic E-state index is 14.3. The van der Waals surface area contributed by atoms with Crippen LogP contribution in [0.25, 0.3) is 11.3 Å². The molecule has 2 rings (SSSR count). The summed E-state index contributed by atoms with van der Waals surface area (Å²) >= 11 is 0. The second-order valence-electron chi connectivity index (χ2n) is 4.30. The van der Waals surface area contributed by atoms with E-state index in [-0.39, 0.29) is 22.5 Å².